The summed E-state index contributed by atoms with van der Waals surface area (Å²) in [6.45, 7) is 0.745. The zero-order valence-corrected chi connectivity index (χ0v) is 12.3. The third-order valence-corrected chi connectivity index (χ3v) is 4.42. The van der Waals surface area contributed by atoms with E-state index in [9.17, 15) is 4.79 Å². The maximum atomic E-state index is 11.5. The van der Waals surface area contributed by atoms with E-state index in [1.807, 2.05) is 29.6 Å². The van der Waals surface area contributed by atoms with Gasteiger partial charge in [-0.15, -0.1) is 11.3 Å². The van der Waals surface area contributed by atoms with E-state index in [2.05, 4.69) is 26.6 Å². The highest BCUT2D eigenvalue weighted by Crippen LogP contribution is 2.23. The van der Waals surface area contributed by atoms with Crippen LogP contribution < -0.4 is 10.6 Å². The van der Waals surface area contributed by atoms with Crippen LogP contribution in [0.3, 0.4) is 0 Å². The molecule has 2 rings (SSSR count). The highest BCUT2D eigenvalue weighted by atomic mass is 79.9. The number of hydrogen-bond acceptors (Lipinski definition) is 3. The van der Waals surface area contributed by atoms with E-state index in [1.165, 1.54) is 4.88 Å². The zero-order chi connectivity index (χ0) is 13.0. The molecule has 0 aliphatic carbocycles. The molecule has 0 unspecified atom stereocenters. The molecule has 0 atom stereocenters. The maximum absolute atomic E-state index is 11.5. The van der Waals surface area contributed by atoms with Crippen LogP contribution in [0.1, 0.15) is 15.2 Å². The van der Waals surface area contributed by atoms with Gasteiger partial charge in [0.15, 0.2) is 0 Å². The fourth-order valence-corrected chi connectivity index (χ4v) is 2.98. The standard InChI is InChI=1S/C13H13BrN2OS/c1-15-13(17)9-3-2-4-10(7-9)16-8-12-11(14)5-6-18-12/h2-7,16H,8H2,1H3,(H,15,17). The van der Waals surface area contributed by atoms with Crippen molar-refractivity contribution >= 4 is 38.9 Å². The Bertz CT molecular complexity index is 553. The molecule has 0 saturated heterocycles. The number of halogens is 1. The van der Waals surface area contributed by atoms with Gasteiger partial charge < -0.3 is 10.6 Å². The lowest BCUT2D eigenvalue weighted by Crippen LogP contribution is -2.17. The molecule has 2 aromatic rings. The van der Waals surface area contributed by atoms with Crippen molar-refractivity contribution in [2.45, 2.75) is 6.54 Å². The van der Waals surface area contributed by atoms with E-state index >= 15 is 0 Å². The molecule has 0 fully saturated rings. The monoisotopic (exact) mass is 324 g/mol. The number of thiophene rings is 1. The van der Waals surface area contributed by atoms with Crippen molar-refractivity contribution in [3.8, 4) is 0 Å². The van der Waals surface area contributed by atoms with Gasteiger partial charge in [0.2, 0.25) is 0 Å². The summed E-state index contributed by atoms with van der Waals surface area (Å²) in [5.41, 5.74) is 1.60. The van der Waals surface area contributed by atoms with E-state index in [0.29, 0.717) is 5.56 Å². The van der Waals surface area contributed by atoms with Gasteiger partial charge >= 0.3 is 0 Å². The van der Waals surface area contributed by atoms with Crippen LogP contribution in [0.4, 0.5) is 5.69 Å². The molecule has 3 nitrogen and oxygen atoms in total. The minimum atomic E-state index is -0.0732. The number of amides is 1. The van der Waals surface area contributed by atoms with Crippen LogP contribution in [-0.4, -0.2) is 13.0 Å². The summed E-state index contributed by atoms with van der Waals surface area (Å²) in [6, 6.07) is 9.50. The minimum Gasteiger partial charge on any atom is -0.380 e. The molecule has 18 heavy (non-hydrogen) atoms. The van der Waals surface area contributed by atoms with Crippen molar-refractivity contribution in [2.75, 3.05) is 12.4 Å². The molecule has 1 amide bonds. The smallest absolute Gasteiger partial charge is 0.251 e. The summed E-state index contributed by atoms with van der Waals surface area (Å²) in [6.07, 6.45) is 0. The third-order valence-electron chi connectivity index (χ3n) is 2.50. The van der Waals surface area contributed by atoms with Gasteiger partial charge in [-0.1, -0.05) is 6.07 Å². The number of anilines is 1. The first-order valence-electron chi connectivity index (χ1n) is 5.48. The fourth-order valence-electron chi connectivity index (χ4n) is 1.55. The number of carbonyl (C=O) groups excluding carboxylic acids is 1. The van der Waals surface area contributed by atoms with E-state index in [0.717, 1.165) is 16.7 Å². The number of benzene rings is 1. The SMILES string of the molecule is CNC(=O)c1cccc(NCc2sccc2Br)c1. The Morgan fingerprint density at radius 3 is 2.89 bits per heavy atom. The second-order valence-corrected chi connectivity index (χ2v) is 5.56. The average molecular weight is 325 g/mol. The van der Waals surface area contributed by atoms with Crippen molar-refractivity contribution in [3.05, 3.63) is 50.6 Å². The predicted molar refractivity (Wildman–Crippen MR) is 79.2 cm³/mol. The summed E-state index contributed by atoms with van der Waals surface area (Å²) >= 11 is 5.19. The topological polar surface area (TPSA) is 41.1 Å². The van der Waals surface area contributed by atoms with E-state index < -0.39 is 0 Å². The van der Waals surface area contributed by atoms with Gasteiger partial charge in [-0.2, -0.15) is 0 Å². The normalized spacial score (nSPS) is 10.1. The largest absolute Gasteiger partial charge is 0.380 e. The number of rotatable bonds is 4. The van der Waals surface area contributed by atoms with E-state index in [-0.39, 0.29) is 5.91 Å². The molecule has 0 radical (unpaired) electrons. The Balaban J connectivity index is 2.06. The molecule has 5 heteroatoms. The quantitative estimate of drug-likeness (QED) is 0.904. The van der Waals surface area contributed by atoms with Crippen LogP contribution >= 0.6 is 27.3 Å². The Morgan fingerprint density at radius 2 is 2.22 bits per heavy atom. The number of hydrogen-bond donors (Lipinski definition) is 2. The predicted octanol–water partition coefficient (Wildman–Crippen LogP) is 3.48. The Kier molecular flexibility index (Phi) is 4.38. The molecular weight excluding hydrogens is 312 g/mol. The van der Waals surface area contributed by atoms with Crippen LogP contribution in [-0.2, 0) is 6.54 Å². The van der Waals surface area contributed by atoms with Gasteiger partial charge in [0.1, 0.15) is 0 Å². The van der Waals surface area contributed by atoms with Crippen molar-refractivity contribution in [1.82, 2.24) is 5.32 Å². The van der Waals surface area contributed by atoms with Gasteiger partial charge in [-0.05, 0) is 45.6 Å². The average Bonchev–Trinajstić information content (AvgIpc) is 2.81. The number of nitrogens with one attached hydrogen (secondary N) is 2. The third kappa shape index (κ3) is 3.11. The lowest BCUT2D eigenvalue weighted by Gasteiger charge is -2.07. The summed E-state index contributed by atoms with van der Waals surface area (Å²) < 4.78 is 1.11. The highest BCUT2D eigenvalue weighted by Gasteiger charge is 2.04. The molecule has 2 N–H and O–H groups in total. The first-order chi connectivity index (χ1) is 8.70. The molecule has 0 spiro atoms. The van der Waals surface area contributed by atoms with Crippen LogP contribution in [0.2, 0.25) is 0 Å². The zero-order valence-electron chi connectivity index (χ0n) is 9.87. The minimum absolute atomic E-state index is 0.0732. The Morgan fingerprint density at radius 1 is 1.39 bits per heavy atom. The van der Waals surface area contributed by atoms with Crippen LogP contribution in [0.15, 0.2) is 40.2 Å². The van der Waals surface area contributed by atoms with Gasteiger partial charge in [0, 0.05) is 27.6 Å². The van der Waals surface area contributed by atoms with Crippen LogP contribution in [0.5, 0.6) is 0 Å². The first kappa shape index (κ1) is 13.1. The summed E-state index contributed by atoms with van der Waals surface area (Å²) in [4.78, 5) is 12.7. The second kappa shape index (κ2) is 6.02. The molecule has 1 heterocycles. The lowest BCUT2D eigenvalue weighted by molar-refractivity contribution is 0.0963. The van der Waals surface area contributed by atoms with Crippen LogP contribution in [0.25, 0.3) is 0 Å². The van der Waals surface area contributed by atoms with Crippen molar-refractivity contribution < 1.29 is 4.79 Å². The lowest BCUT2D eigenvalue weighted by atomic mass is 10.2. The summed E-state index contributed by atoms with van der Waals surface area (Å²) in [5.74, 6) is -0.0732. The van der Waals surface area contributed by atoms with Gasteiger partial charge in [-0.25, -0.2) is 0 Å². The second-order valence-electron chi connectivity index (χ2n) is 3.71. The molecule has 0 saturated carbocycles. The van der Waals surface area contributed by atoms with Gasteiger partial charge in [0.25, 0.3) is 5.91 Å². The fraction of sp³-hybridized carbons (Fsp3) is 0.154. The maximum Gasteiger partial charge on any atom is 0.251 e. The van der Waals surface area contributed by atoms with E-state index in [1.54, 1.807) is 24.5 Å². The van der Waals surface area contributed by atoms with Gasteiger partial charge in [-0.3, -0.25) is 4.79 Å². The highest BCUT2D eigenvalue weighted by molar-refractivity contribution is 9.10. The molecule has 0 bridgehead atoms. The van der Waals surface area contributed by atoms with E-state index in [4.69, 9.17) is 0 Å². The molecule has 0 aliphatic rings. The van der Waals surface area contributed by atoms with Crippen molar-refractivity contribution in [1.29, 1.82) is 0 Å². The molecule has 94 valence electrons. The Hall–Kier alpha value is -1.33. The molecule has 0 aliphatic heterocycles. The summed E-state index contributed by atoms with van der Waals surface area (Å²) in [7, 11) is 1.63. The van der Waals surface area contributed by atoms with Gasteiger partial charge in [0.05, 0.1) is 6.54 Å². The van der Waals surface area contributed by atoms with Crippen molar-refractivity contribution in [2.24, 2.45) is 0 Å². The number of carbonyl (C=O) groups is 1. The molecular formula is C13H13BrN2OS. The van der Waals surface area contributed by atoms with Crippen molar-refractivity contribution in [3.63, 3.8) is 0 Å². The van der Waals surface area contributed by atoms with Crippen LogP contribution in [0, 0.1) is 0 Å². The first-order valence-corrected chi connectivity index (χ1v) is 7.16. The molecule has 1 aromatic heterocycles. The molecule has 1 aromatic carbocycles. The summed E-state index contributed by atoms with van der Waals surface area (Å²) in [5, 5.41) is 7.97. The Labute approximate surface area is 118 Å².